The Morgan fingerprint density at radius 1 is 1.23 bits per heavy atom. The van der Waals surface area contributed by atoms with Crippen LogP contribution in [0.1, 0.15) is 63.0 Å². The van der Waals surface area contributed by atoms with E-state index in [1.54, 1.807) is 35.1 Å². The van der Waals surface area contributed by atoms with Gasteiger partial charge in [-0.3, -0.25) is 9.69 Å². The van der Waals surface area contributed by atoms with Crippen molar-refractivity contribution < 1.29 is 9.21 Å². The van der Waals surface area contributed by atoms with E-state index in [-0.39, 0.29) is 5.78 Å². The first-order valence-corrected chi connectivity index (χ1v) is 12.4. The maximum absolute atomic E-state index is 13.0. The summed E-state index contributed by atoms with van der Waals surface area (Å²) in [5.74, 6) is 0.340. The average molecular weight is 454 g/mol. The van der Waals surface area contributed by atoms with Gasteiger partial charge in [0.2, 0.25) is 5.13 Å². The molecule has 0 spiro atoms. The number of hydrogen-bond donors (Lipinski definition) is 1. The highest BCUT2D eigenvalue weighted by Gasteiger charge is 2.42. The minimum absolute atomic E-state index is 0.0363. The molecule has 7 nitrogen and oxygen atoms in total. The Morgan fingerprint density at radius 2 is 2.06 bits per heavy atom. The Balaban J connectivity index is 1.55. The topological polar surface area (TPSA) is 109 Å². The molecule has 1 aliphatic heterocycles. The van der Waals surface area contributed by atoms with Gasteiger partial charge < -0.3 is 10.2 Å². The number of nitrogens with two attached hydrogens (primary N) is 1. The number of Topliss-reactive ketones (excluding diaryl/α,β-unsaturated/α-hetero) is 1. The molecule has 0 radical (unpaired) electrons. The first-order valence-electron chi connectivity index (χ1n) is 10.7. The fourth-order valence-electron chi connectivity index (χ4n) is 4.71. The Kier molecular flexibility index (Phi) is 5.59. The van der Waals surface area contributed by atoms with Crippen LogP contribution in [0.15, 0.2) is 49.8 Å². The lowest BCUT2D eigenvalue weighted by molar-refractivity contribution is -0.116. The van der Waals surface area contributed by atoms with Gasteiger partial charge >= 0.3 is 0 Å². The number of anilines is 1. The van der Waals surface area contributed by atoms with E-state index in [0.29, 0.717) is 46.0 Å². The summed E-state index contributed by atoms with van der Waals surface area (Å²) >= 11 is 3.26. The number of aromatic nitrogens is 2. The van der Waals surface area contributed by atoms with Crippen LogP contribution in [0.5, 0.6) is 0 Å². The van der Waals surface area contributed by atoms with Crippen molar-refractivity contribution in [3.05, 3.63) is 46.8 Å². The number of carbonyl (C=O) groups excluding carboxylic acids is 1. The zero-order valence-electron chi connectivity index (χ0n) is 17.0. The van der Waals surface area contributed by atoms with E-state index in [4.69, 9.17) is 10.2 Å². The first kappa shape index (κ1) is 20.3. The summed E-state index contributed by atoms with van der Waals surface area (Å²) in [6.45, 7) is 0. The minimum Gasteiger partial charge on any atom is -0.468 e. The van der Waals surface area contributed by atoms with Crippen LogP contribution < -0.4 is 10.6 Å². The SMILES string of the molecule is N#CC1=C(N)N(c2nnc(SC3CCCCC3)s2)C2=C(C(=O)CCC2)C1c1ccco1. The van der Waals surface area contributed by atoms with Crippen LogP contribution in [0.2, 0.25) is 0 Å². The molecule has 3 aliphatic rings. The molecule has 0 aromatic carbocycles. The van der Waals surface area contributed by atoms with Crippen LogP contribution in [0.4, 0.5) is 5.13 Å². The molecule has 1 atom stereocenters. The van der Waals surface area contributed by atoms with E-state index in [1.807, 2.05) is 0 Å². The van der Waals surface area contributed by atoms with Crippen molar-refractivity contribution in [3.8, 4) is 6.07 Å². The van der Waals surface area contributed by atoms with Gasteiger partial charge in [0.1, 0.15) is 11.6 Å². The number of thioether (sulfide) groups is 1. The van der Waals surface area contributed by atoms with Gasteiger partial charge in [-0.15, -0.1) is 10.2 Å². The summed E-state index contributed by atoms with van der Waals surface area (Å²) in [4.78, 5) is 14.8. The third kappa shape index (κ3) is 3.68. The maximum atomic E-state index is 13.0. The molecule has 3 heterocycles. The number of allylic oxidation sites excluding steroid dienone is 3. The molecule has 5 rings (SSSR count). The van der Waals surface area contributed by atoms with Crippen LogP contribution in [-0.4, -0.2) is 21.2 Å². The van der Waals surface area contributed by atoms with Gasteiger partial charge in [-0.1, -0.05) is 42.4 Å². The lowest BCUT2D eigenvalue weighted by atomic mass is 9.78. The maximum Gasteiger partial charge on any atom is 0.219 e. The molecule has 2 aromatic heterocycles. The predicted molar refractivity (Wildman–Crippen MR) is 119 cm³/mol. The van der Waals surface area contributed by atoms with Crippen LogP contribution in [-0.2, 0) is 4.79 Å². The largest absolute Gasteiger partial charge is 0.468 e. The number of carbonyl (C=O) groups is 1. The quantitative estimate of drug-likeness (QED) is 0.699. The molecule has 9 heteroatoms. The average Bonchev–Trinajstić information content (AvgIpc) is 3.46. The third-order valence-electron chi connectivity index (χ3n) is 6.15. The molecule has 1 saturated carbocycles. The van der Waals surface area contributed by atoms with Crippen molar-refractivity contribution in [2.24, 2.45) is 5.73 Å². The second-order valence-electron chi connectivity index (χ2n) is 8.06. The van der Waals surface area contributed by atoms with Crippen LogP contribution >= 0.6 is 23.1 Å². The molecule has 0 saturated heterocycles. The number of hydrogen-bond acceptors (Lipinski definition) is 9. The normalized spacial score (nSPS) is 22.6. The van der Waals surface area contributed by atoms with E-state index in [1.165, 1.54) is 43.4 Å². The Bertz CT molecular complexity index is 1090. The molecule has 0 bridgehead atoms. The minimum atomic E-state index is -0.567. The molecular weight excluding hydrogens is 430 g/mol. The highest BCUT2D eigenvalue weighted by atomic mass is 32.2. The number of nitriles is 1. The number of nitrogens with zero attached hydrogens (tertiary/aromatic N) is 4. The van der Waals surface area contributed by atoms with Gasteiger partial charge in [0.25, 0.3) is 0 Å². The standard InChI is InChI=1S/C22H23N5O2S2/c23-12-14-18(17-10-5-11-29-17)19-15(8-4-9-16(19)28)27(20(14)24)21-25-26-22(31-21)30-13-6-2-1-3-7-13/h5,10-11,13,18H,1-4,6-9,24H2. The van der Waals surface area contributed by atoms with Crippen molar-refractivity contribution in [1.82, 2.24) is 10.2 Å². The first-order chi connectivity index (χ1) is 15.2. The van der Waals surface area contributed by atoms with Crippen molar-refractivity contribution in [3.63, 3.8) is 0 Å². The Hall–Kier alpha value is -2.57. The van der Waals surface area contributed by atoms with Crippen molar-refractivity contribution in [2.45, 2.75) is 66.9 Å². The molecule has 0 amide bonds. The molecule has 160 valence electrons. The Labute approximate surface area is 189 Å². The summed E-state index contributed by atoms with van der Waals surface area (Å²) in [6, 6.07) is 5.79. The van der Waals surface area contributed by atoms with Gasteiger partial charge in [-0.2, -0.15) is 5.26 Å². The fourth-order valence-corrected chi connectivity index (χ4v) is 7.10. The van der Waals surface area contributed by atoms with Crippen LogP contribution in [0.25, 0.3) is 0 Å². The van der Waals surface area contributed by atoms with Gasteiger partial charge in [0.05, 0.1) is 23.8 Å². The van der Waals surface area contributed by atoms with Crippen LogP contribution in [0.3, 0.4) is 0 Å². The fraction of sp³-hybridized carbons (Fsp3) is 0.455. The number of ketones is 1. The summed E-state index contributed by atoms with van der Waals surface area (Å²) in [7, 11) is 0. The van der Waals surface area contributed by atoms with E-state index in [2.05, 4.69) is 16.3 Å². The lowest BCUT2D eigenvalue weighted by Gasteiger charge is -2.37. The van der Waals surface area contributed by atoms with Gasteiger partial charge in [0.15, 0.2) is 10.1 Å². The zero-order valence-corrected chi connectivity index (χ0v) is 18.7. The molecular formula is C22H23N5O2S2. The monoisotopic (exact) mass is 453 g/mol. The summed E-state index contributed by atoms with van der Waals surface area (Å²) in [5, 5.41) is 20.0. The second kappa shape index (κ2) is 8.52. The highest BCUT2D eigenvalue weighted by Crippen LogP contribution is 2.47. The molecule has 2 aromatic rings. The highest BCUT2D eigenvalue weighted by molar-refractivity contribution is 8.01. The van der Waals surface area contributed by atoms with Crippen molar-refractivity contribution in [1.29, 1.82) is 5.26 Å². The smallest absolute Gasteiger partial charge is 0.219 e. The molecule has 2 N–H and O–H groups in total. The second-order valence-corrected chi connectivity index (χ2v) is 10.6. The molecule has 2 aliphatic carbocycles. The lowest BCUT2D eigenvalue weighted by Crippen LogP contribution is -2.38. The molecule has 31 heavy (non-hydrogen) atoms. The van der Waals surface area contributed by atoms with E-state index in [9.17, 15) is 10.1 Å². The Morgan fingerprint density at radius 3 is 2.81 bits per heavy atom. The summed E-state index contributed by atoms with van der Waals surface area (Å²) < 4.78 is 6.51. The van der Waals surface area contributed by atoms with Crippen LogP contribution in [0, 0.1) is 11.3 Å². The number of rotatable bonds is 4. The number of furan rings is 1. The molecule has 1 fully saturated rings. The molecule has 1 unspecified atom stereocenters. The van der Waals surface area contributed by atoms with Gasteiger partial charge in [0, 0.05) is 22.9 Å². The third-order valence-corrected chi connectivity index (χ3v) is 8.48. The predicted octanol–water partition coefficient (Wildman–Crippen LogP) is 4.86. The van der Waals surface area contributed by atoms with Gasteiger partial charge in [-0.25, -0.2) is 0 Å². The zero-order chi connectivity index (χ0) is 21.4. The van der Waals surface area contributed by atoms with E-state index in [0.717, 1.165) is 16.5 Å². The summed E-state index contributed by atoms with van der Waals surface area (Å²) in [6.07, 6.45) is 9.72. The van der Waals surface area contributed by atoms with Crippen molar-refractivity contribution in [2.75, 3.05) is 4.90 Å². The van der Waals surface area contributed by atoms with Gasteiger partial charge in [-0.05, 0) is 37.8 Å². The summed E-state index contributed by atoms with van der Waals surface area (Å²) in [5.41, 5.74) is 8.28. The van der Waals surface area contributed by atoms with E-state index >= 15 is 0 Å². The van der Waals surface area contributed by atoms with Crippen molar-refractivity contribution >= 4 is 34.0 Å². The van der Waals surface area contributed by atoms with E-state index < -0.39 is 5.92 Å².